The Labute approximate surface area is 198 Å². The lowest BCUT2D eigenvalue weighted by molar-refractivity contribution is 0.0188. The molecule has 0 atom stereocenters. The van der Waals surface area contributed by atoms with Crippen LogP contribution in [0.25, 0.3) is 0 Å². The third-order valence-electron chi connectivity index (χ3n) is 7.47. The van der Waals surface area contributed by atoms with Gasteiger partial charge in [-0.15, -0.1) is 0 Å². The summed E-state index contributed by atoms with van der Waals surface area (Å²) in [6.45, 7) is 0.116. The van der Waals surface area contributed by atoms with Crippen molar-refractivity contribution in [3.8, 4) is 5.75 Å². The lowest BCUT2D eigenvalue weighted by Crippen LogP contribution is -2.25. The summed E-state index contributed by atoms with van der Waals surface area (Å²) in [4.78, 5) is 12.6. The fraction of sp³-hybridized carbons (Fsp3) is 0.519. The third kappa shape index (κ3) is 5.24. The number of carbonyl (C=O) groups is 1. The molecule has 2 aromatic rings. The van der Waals surface area contributed by atoms with E-state index in [0.717, 1.165) is 12.8 Å². The molecule has 184 valence electrons. The lowest BCUT2D eigenvalue weighted by atomic mass is 9.78. The van der Waals surface area contributed by atoms with Crippen LogP contribution < -0.4 is 4.74 Å². The van der Waals surface area contributed by atoms with Crippen LogP contribution in [0.1, 0.15) is 84.7 Å². The summed E-state index contributed by atoms with van der Waals surface area (Å²) in [6.07, 6.45) is 4.81. The molecule has 4 nitrogen and oxygen atoms in total. The van der Waals surface area contributed by atoms with E-state index in [-0.39, 0.29) is 35.7 Å². The molecule has 0 bridgehead atoms. The minimum absolute atomic E-state index is 0.00949. The molecule has 7 heteroatoms. The molecule has 0 heterocycles. The molecule has 4 rings (SSSR count). The van der Waals surface area contributed by atoms with Gasteiger partial charge < -0.3 is 14.6 Å². The second-order valence-electron chi connectivity index (χ2n) is 9.50. The van der Waals surface area contributed by atoms with Crippen LogP contribution in [-0.4, -0.2) is 30.9 Å². The monoisotopic (exact) mass is 476 g/mol. The summed E-state index contributed by atoms with van der Waals surface area (Å²) in [5.74, 6) is -2.77. The second-order valence-corrected chi connectivity index (χ2v) is 9.50. The average Bonchev–Trinajstić information content (AvgIpc) is 2.86. The third-order valence-corrected chi connectivity index (χ3v) is 7.47. The molecule has 34 heavy (non-hydrogen) atoms. The zero-order valence-electron chi connectivity index (χ0n) is 19.4. The van der Waals surface area contributed by atoms with Crippen molar-refractivity contribution in [2.75, 3.05) is 13.7 Å². The Kier molecular flexibility index (Phi) is 7.81. The highest BCUT2D eigenvalue weighted by Gasteiger charge is 2.30. The normalized spacial score (nSPS) is 25.1. The number of hydrogen-bond acceptors (Lipinski definition) is 4. The summed E-state index contributed by atoms with van der Waals surface area (Å²) >= 11 is 0. The van der Waals surface area contributed by atoms with Crippen molar-refractivity contribution < 1.29 is 32.5 Å². The number of ether oxygens (including phenoxy) is 2. The van der Waals surface area contributed by atoms with Gasteiger partial charge in [-0.1, -0.05) is 12.1 Å². The average molecular weight is 477 g/mol. The molecular weight excluding hydrogens is 445 g/mol. The van der Waals surface area contributed by atoms with Crippen molar-refractivity contribution >= 4 is 5.97 Å². The Morgan fingerprint density at radius 3 is 2.12 bits per heavy atom. The predicted octanol–water partition coefficient (Wildman–Crippen LogP) is 6.26. The van der Waals surface area contributed by atoms with Crippen LogP contribution in [0.5, 0.6) is 5.75 Å². The minimum Gasteiger partial charge on any atom is -0.497 e. The van der Waals surface area contributed by atoms with Crippen molar-refractivity contribution in [1.29, 1.82) is 0 Å². The van der Waals surface area contributed by atoms with E-state index in [1.807, 2.05) is 0 Å². The van der Waals surface area contributed by atoms with E-state index >= 15 is 0 Å². The van der Waals surface area contributed by atoms with Crippen LogP contribution in [0.3, 0.4) is 0 Å². The van der Waals surface area contributed by atoms with Gasteiger partial charge in [-0.05, 0) is 92.4 Å². The SMILES string of the molecule is COc1ccc(C2CCC(OC(=O)c3ccc(C4CCC(CO)CC4)c(F)c3F)CC2)c(F)c1. The van der Waals surface area contributed by atoms with Gasteiger partial charge in [0.15, 0.2) is 11.6 Å². The maximum atomic E-state index is 14.8. The smallest absolute Gasteiger partial charge is 0.341 e. The Bertz CT molecular complexity index is 1010. The van der Waals surface area contributed by atoms with E-state index < -0.39 is 29.3 Å². The Hall–Kier alpha value is -2.54. The lowest BCUT2D eigenvalue weighted by Gasteiger charge is -2.29. The molecular formula is C27H31F3O4. The number of rotatable bonds is 6. The highest BCUT2D eigenvalue weighted by Crippen LogP contribution is 2.39. The van der Waals surface area contributed by atoms with Gasteiger partial charge in [-0.25, -0.2) is 18.0 Å². The van der Waals surface area contributed by atoms with Crippen molar-refractivity contribution in [1.82, 2.24) is 0 Å². The fourth-order valence-electron chi connectivity index (χ4n) is 5.37. The standard InChI is InChI=1S/C27H31F3O4/c1-33-20-10-11-21(24(28)14-20)17-6-8-19(9-7-17)34-27(32)23-13-12-22(25(29)26(23)30)18-4-2-16(15-31)3-5-18/h10-14,16-19,31H,2-9,15H2,1H3. The van der Waals surface area contributed by atoms with Crippen molar-refractivity contribution in [3.05, 3.63) is 64.5 Å². The topological polar surface area (TPSA) is 55.8 Å². The largest absolute Gasteiger partial charge is 0.497 e. The van der Waals surface area contributed by atoms with Gasteiger partial charge in [0, 0.05) is 12.7 Å². The molecule has 2 fully saturated rings. The number of esters is 1. The van der Waals surface area contributed by atoms with Gasteiger partial charge >= 0.3 is 5.97 Å². The molecule has 0 saturated heterocycles. The van der Waals surface area contributed by atoms with Crippen molar-refractivity contribution in [2.45, 2.75) is 69.3 Å². The number of halogens is 3. The highest BCUT2D eigenvalue weighted by atomic mass is 19.2. The first-order valence-corrected chi connectivity index (χ1v) is 12.0. The molecule has 0 unspecified atom stereocenters. The van der Waals surface area contributed by atoms with E-state index in [9.17, 15) is 23.1 Å². The van der Waals surface area contributed by atoms with Crippen molar-refractivity contribution in [2.24, 2.45) is 5.92 Å². The van der Waals surface area contributed by atoms with Crippen LogP contribution in [0.15, 0.2) is 30.3 Å². The summed E-state index contributed by atoms with van der Waals surface area (Å²) in [5, 5.41) is 9.28. The molecule has 0 spiro atoms. The highest BCUT2D eigenvalue weighted by molar-refractivity contribution is 5.90. The van der Waals surface area contributed by atoms with Gasteiger partial charge in [0.2, 0.25) is 0 Å². The first-order chi connectivity index (χ1) is 16.4. The van der Waals surface area contributed by atoms with Crippen LogP contribution in [0, 0.1) is 23.4 Å². The molecule has 0 amide bonds. The Morgan fingerprint density at radius 1 is 0.882 bits per heavy atom. The molecule has 2 aliphatic rings. The summed E-state index contributed by atoms with van der Waals surface area (Å²) < 4.78 is 54.5. The number of methoxy groups -OCH3 is 1. The number of carbonyl (C=O) groups excluding carboxylic acids is 1. The van der Waals surface area contributed by atoms with E-state index in [1.54, 1.807) is 12.1 Å². The fourth-order valence-corrected chi connectivity index (χ4v) is 5.37. The summed E-state index contributed by atoms with van der Waals surface area (Å²) in [6, 6.07) is 7.61. The first kappa shape index (κ1) is 24.6. The molecule has 1 N–H and O–H groups in total. The van der Waals surface area contributed by atoms with E-state index in [4.69, 9.17) is 9.47 Å². The second kappa shape index (κ2) is 10.8. The number of hydrogen-bond donors (Lipinski definition) is 1. The van der Waals surface area contributed by atoms with Crippen LogP contribution in [0.4, 0.5) is 13.2 Å². The van der Waals surface area contributed by atoms with Gasteiger partial charge in [0.05, 0.1) is 12.7 Å². The molecule has 0 aromatic heterocycles. The molecule has 2 aromatic carbocycles. The van der Waals surface area contributed by atoms with Crippen LogP contribution in [-0.2, 0) is 4.74 Å². The van der Waals surface area contributed by atoms with E-state index in [0.29, 0.717) is 49.8 Å². The summed E-state index contributed by atoms with van der Waals surface area (Å²) in [5.41, 5.74) is 0.503. The van der Waals surface area contributed by atoms with Crippen LogP contribution >= 0.6 is 0 Å². The van der Waals surface area contributed by atoms with Gasteiger partial charge in [-0.2, -0.15) is 0 Å². The molecule has 0 radical (unpaired) electrons. The molecule has 2 saturated carbocycles. The van der Waals surface area contributed by atoms with Gasteiger partial charge in [0.1, 0.15) is 17.7 Å². The molecule has 0 aliphatic heterocycles. The summed E-state index contributed by atoms with van der Waals surface area (Å²) in [7, 11) is 1.49. The maximum Gasteiger partial charge on any atom is 0.341 e. The Balaban J connectivity index is 1.36. The Morgan fingerprint density at radius 2 is 1.50 bits per heavy atom. The van der Waals surface area contributed by atoms with E-state index in [1.165, 1.54) is 25.3 Å². The number of aliphatic hydroxyl groups is 1. The zero-order valence-corrected chi connectivity index (χ0v) is 19.4. The maximum absolute atomic E-state index is 14.8. The molecule has 2 aliphatic carbocycles. The van der Waals surface area contributed by atoms with Crippen LogP contribution in [0.2, 0.25) is 0 Å². The number of aliphatic hydroxyl groups excluding tert-OH is 1. The van der Waals surface area contributed by atoms with E-state index in [2.05, 4.69) is 0 Å². The number of benzene rings is 2. The van der Waals surface area contributed by atoms with Crippen molar-refractivity contribution in [3.63, 3.8) is 0 Å². The van der Waals surface area contributed by atoms with Gasteiger partial charge in [-0.3, -0.25) is 0 Å². The zero-order chi connectivity index (χ0) is 24.2. The predicted molar refractivity (Wildman–Crippen MR) is 122 cm³/mol. The minimum atomic E-state index is -1.17. The first-order valence-electron chi connectivity index (χ1n) is 12.0. The quantitative estimate of drug-likeness (QED) is 0.500. The van der Waals surface area contributed by atoms with Gasteiger partial charge in [0.25, 0.3) is 0 Å².